The van der Waals surface area contributed by atoms with Crippen molar-refractivity contribution in [2.24, 2.45) is 17.6 Å². The Bertz CT molecular complexity index is 609. The SMILES string of the molecule is CC(C)C(C)(CN)NC(=O)C1CCN(c2cccc(Cl)c2)C1=O.Cl. The van der Waals surface area contributed by atoms with Crippen molar-refractivity contribution in [2.75, 3.05) is 18.0 Å². The number of halogens is 2. The third kappa shape index (κ3) is 4.21. The molecule has 0 saturated carbocycles. The average molecular weight is 374 g/mol. The van der Waals surface area contributed by atoms with E-state index < -0.39 is 11.5 Å². The predicted molar refractivity (Wildman–Crippen MR) is 99.6 cm³/mol. The van der Waals surface area contributed by atoms with Crippen LogP contribution in [0.1, 0.15) is 27.2 Å². The summed E-state index contributed by atoms with van der Waals surface area (Å²) in [5, 5.41) is 3.53. The quantitative estimate of drug-likeness (QED) is 0.778. The van der Waals surface area contributed by atoms with E-state index in [1.165, 1.54) is 0 Å². The Hall–Kier alpha value is -1.30. The van der Waals surface area contributed by atoms with Gasteiger partial charge in [-0.25, -0.2) is 0 Å². The number of hydrogen-bond donors (Lipinski definition) is 2. The minimum atomic E-state index is -0.668. The first-order valence-electron chi connectivity index (χ1n) is 7.87. The van der Waals surface area contributed by atoms with E-state index >= 15 is 0 Å². The van der Waals surface area contributed by atoms with Crippen molar-refractivity contribution in [3.8, 4) is 0 Å². The first-order valence-corrected chi connectivity index (χ1v) is 8.25. The first kappa shape index (κ1) is 20.7. The van der Waals surface area contributed by atoms with Crippen LogP contribution in [0.4, 0.5) is 5.69 Å². The van der Waals surface area contributed by atoms with Gasteiger partial charge in [0.1, 0.15) is 5.92 Å². The summed E-state index contributed by atoms with van der Waals surface area (Å²) in [6, 6.07) is 7.10. The summed E-state index contributed by atoms with van der Waals surface area (Å²) in [6.45, 7) is 6.75. The molecule has 0 radical (unpaired) electrons. The summed E-state index contributed by atoms with van der Waals surface area (Å²) in [6.07, 6.45) is 0.496. The number of carbonyl (C=O) groups is 2. The Morgan fingerprint density at radius 3 is 2.71 bits per heavy atom. The van der Waals surface area contributed by atoms with Crippen LogP contribution in [0.15, 0.2) is 24.3 Å². The van der Waals surface area contributed by atoms with Gasteiger partial charge in [0.25, 0.3) is 0 Å². The lowest BCUT2D eigenvalue weighted by atomic mass is 9.87. The summed E-state index contributed by atoms with van der Waals surface area (Å²) in [7, 11) is 0. The van der Waals surface area contributed by atoms with Gasteiger partial charge in [-0.3, -0.25) is 9.59 Å². The van der Waals surface area contributed by atoms with Crippen molar-refractivity contribution in [1.82, 2.24) is 5.32 Å². The molecule has 1 aliphatic rings. The summed E-state index contributed by atoms with van der Waals surface area (Å²) in [4.78, 5) is 26.7. The van der Waals surface area contributed by atoms with E-state index in [0.29, 0.717) is 24.5 Å². The molecule has 0 aliphatic carbocycles. The van der Waals surface area contributed by atoms with Gasteiger partial charge in [0.05, 0.1) is 5.54 Å². The molecule has 5 nitrogen and oxygen atoms in total. The smallest absolute Gasteiger partial charge is 0.239 e. The Morgan fingerprint density at radius 2 is 2.17 bits per heavy atom. The van der Waals surface area contributed by atoms with Crippen LogP contribution in [0.2, 0.25) is 5.02 Å². The maximum Gasteiger partial charge on any atom is 0.239 e. The molecular formula is C17H25Cl2N3O2. The van der Waals surface area contributed by atoms with Gasteiger partial charge in [-0.15, -0.1) is 12.4 Å². The Morgan fingerprint density at radius 1 is 1.50 bits per heavy atom. The van der Waals surface area contributed by atoms with Gasteiger partial charge in [-0.05, 0) is 37.5 Å². The minimum absolute atomic E-state index is 0. The number of benzene rings is 1. The zero-order valence-electron chi connectivity index (χ0n) is 14.2. The molecule has 24 heavy (non-hydrogen) atoms. The fraction of sp³-hybridized carbons (Fsp3) is 0.529. The second kappa shape index (κ2) is 8.19. The third-order valence-electron chi connectivity index (χ3n) is 4.75. The largest absolute Gasteiger partial charge is 0.349 e. The number of anilines is 1. The number of nitrogens with one attached hydrogen (secondary N) is 1. The van der Waals surface area contributed by atoms with E-state index in [2.05, 4.69) is 5.32 Å². The van der Waals surface area contributed by atoms with Crippen molar-refractivity contribution in [3.63, 3.8) is 0 Å². The second-order valence-electron chi connectivity index (χ2n) is 6.58. The van der Waals surface area contributed by atoms with Crippen molar-refractivity contribution in [1.29, 1.82) is 0 Å². The number of amides is 2. The van der Waals surface area contributed by atoms with Crippen LogP contribution in [0.25, 0.3) is 0 Å². The molecule has 2 rings (SSSR count). The molecule has 1 aromatic carbocycles. The zero-order chi connectivity index (χ0) is 17.2. The van der Waals surface area contributed by atoms with Crippen LogP contribution in [0.3, 0.4) is 0 Å². The lowest BCUT2D eigenvalue weighted by molar-refractivity contribution is -0.133. The fourth-order valence-corrected chi connectivity index (χ4v) is 2.81. The molecule has 1 aliphatic heterocycles. The second-order valence-corrected chi connectivity index (χ2v) is 7.01. The van der Waals surface area contributed by atoms with Crippen LogP contribution >= 0.6 is 24.0 Å². The van der Waals surface area contributed by atoms with Gasteiger partial charge in [-0.2, -0.15) is 0 Å². The highest BCUT2D eigenvalue weighted by Crippen LogP contribution is 2.28. The first-order chi connectivity index (χ1) is 10.8. The topological polar surface area (TPSA) is 75.4 Å². The highest BCUT2D eigenvalue weighted by molar-refractivity contribution is 6.31. The molecule has 0 spiro atoms. The van der Waals surface area contributed by atoms with Crippen LogP contribution in [0, 0.1) is 11.8 Å². The van der Waals surface area contributed by atoms with Crippen LogP contribution in [-0.4, -0.2) is 30.4 Å². The summed E-state index contributed by atoms with van der Waals surface area (Å²) in [5.41, 5.74) is 6.01. The van der Waals surface area contributed by atoms with Gasteiger partial charge < -0.3 is 16.0 Å². The highest BCUT2D eigenvalue weighted by Gasteiger charge is 2.40. The monoisotopic (exact) mass is 373 g/mol. The molecule has 1 fully saturated rings. The number of carbonyl (C=O) groups excluding carboxylic acids is 2. The lowest BCUT2D eigenvalue weighted by Gasteiger charge is -2.34. The highest BCUT2D eigenvalue weighted by atomic mass is 35.5. The van der Waals surface area contributed by atoms with Gasteiger partial charge >= 0.3 is 0 Å². The fourth-order valence-electron chi connectivity index (χ4n) is 2.62. The van der Waals surface area contributed by atoms with E-state index in [1.807, 2.05) is 26.8 Å². The van der Waals surface area contributed by atoms with Crippen LogP contribution in [-0.2, 0) is 9.59 Å². The molecule has 1 saturated heterocycles. The molecule has 2 unspecified atom stereocenters. The molecular weight excluding hydrogens is 349 g/mol. The average Bonchev–Trinajstić information content (AvgIpc) is 2.88. The molecule has 0 bridgehead atoms. The summed E-state index contributed by atoms with van der Waals surface area (Å²) in [5.74, 6) is -0.926. The number of nitrogens with zero attached hydrogens (tertiary/aromatic N) is 1. The van der Waals surface area contributed by atoms with E-state index in [9.17, 15) is 9.59 Å². The molecule has 7 heteroatoms. The minimum Gasteiger partial charge on any atom is -0.349 e. The molecule has 1 heterocycles. The summed E-state index contributed by atoms with van der Waals surface area (Å²) < 4.78 is 0. The van der Waals surface area contributed by atoms with Gasteiger partial charge in [-0.1, -0.05) is 31.5 Å². The Kier molecular flexibility index (Phi) is 7.08. The van der Waals surface area contributed by atoms with Crippen molar-refractivity contribution < 1.29 is 9.59 Å². The molecule has 2 amide bonds. The lowest BCUT2D eigenvalue weighted by Crippen LogP contribution is -2.57. The van der Waals surface area contributed by atoms with E-state index in [4.69, 9.17) is 17.3 Å². The molecule has 0 aromatic heterocycles. The number of rotatable bonds is 5. The van der Waals surface area contributed by atoms with Crippen molar-refractivity contribution in [2.45, 2.75) is 32.7 Å². The van der Waals surface area contributed by atoms with Crippen LogP contribution < -0.4 is 16.0 Å². The molecule has 1 aromatic rings. The van der Waals surface area contributed by atoms with Gasteiger partial charge in [0.15, 0.2) is 0 Å². The third-order valence-corrected chi connectivity index (χ3v) is 4.98. The molecule has 2 atom stereocenters. The van der Waals surface area contributed by atoms with E-state index in [0.717, 1.165) is 5.69 Å². The Balaban J connectivity index is 0.00000288. The summed E-state index contributed by atoms with van der Waals surface area (Å²) >= 11 is 5.98. The van der Waals surface area contributed by atoms with Crippen molar-refractivity contribution in [3.05, 3.63) is 29.3 Å². The molecule has 3 N–H and O–H groups in total. The maximum atomic E-state index is 12.6. The van der Waals surface area contributed by atoms with Crippen LogP contribution in [0.5, 0.6) is 0 Å². The maximum absolute atomic E-state index is 12.6. The normalized spacial score (nSPS) is 19.8. The van der Waals surface area contributed by atoms with Gasteiger partial charge in [0.2, 0.25) is 11.8 Å². The number of nitrogens with two attached hydrogens (primary N) is 1. The standard InChI is InChI=1S/C17H24ClN3O2.ClH/c1-11(2)17(3,10-19)20-15(22)14-7-8-21(16(14)23)13-6-4-5-12(18)9-13;/h4-6,9,11,14H,7-8,10,19H2,1-3H3,(H,20,22);1H. The van der Waals surface area contributed by atoms with Gasteiger partial charge in [0, 0.05) is 23.8 Å². The molecule has 134 valence electrons. The van der Waals surface area contributed by atoms with E-state index in [1.54, 1.807) is 23.1 Å². The number of hydrogen-bond acceptors (Lipinski definition) is 3. The Labute approximate surface area is 154 Å². The zero-order valence-corrected chi connectivity index (χ0v) is 15.8. The predicted octanol–water partition coefficient (Wildman–Crippen LogP) is 2.60. The van der Waals surface area contributed by atoms with Crippen molar-refractivity contribution >= 4 is 41.5 Å². The van der Waals surface area contributed by atoms with E-state index in [-0.39, 0.29) is 30.1 Å².